The van der Waals surface area contributed by atoms with Crippen LogP contribution in [0.3, 0.4) is 0 Å². The van der Waals surface area contributed by atoms with E-state index in [1.54, 1.807) is 0 Å². The Bertz CT molecular complexity index is 1060. The van der Waals surface area contributed by atoms with E-state index >= 15 is 0 Å². The van der Waals surface area contributed by atoms with E-state index in [-0.39, 0.29) is 6.17 Å². The molecule has 1 atom stereocenters. The Morgan fingerprint density at radius 1 is 0.808 bits per heavy atom. The SMILES string of the molecule is Cc1cc2n(n1)C(c1ccc(-c3ccccc3)cc1)Nc1ccccc1-2. The predicted molar refractivity (Wildman–Crippen MR) is 106 cm³/mol. The third kappa shape index (κ3) is 2.40. The summed E-state index contributed by atoms with van der Waals surface area (Å²) in [5, 5.41) is 8.39. The molecule has 0 radical (unpaired) electrons. The molecule has 0 fully saturated rings. The normalized spacial score (nSPS) is 15.0. The molecule has 1 aromatic heterocycles. The second-order valence-corrected chi connectivity index (χ2v) is 6.70. The fraction of sp³-hybridized carbons (Fsp3) is 0.0870. The highest BCUT2D eigenvalue weighted by molar-refractivity contribution is 5.78. The summed E-state index contributed by atoms with van der Waals surface area (Å²) in [6.45, 7) is 2.05. The second-order valence-electron chi connectivity index (χ2n) is 6.70. The average molecular weight is 337 g/mol. The maximum atomic E-state index is 4.74. The van der Waals surface area contributed by atoms with Crippen molar-refractivity contribution >= 4 is 5.69 Å². The topological polar surface area (TPSA) is 29.9 Å². The van der Waals surface area contributed by atoms with Gasteiger partial charge in [0.25, 0.3) is 0 Å². The molecule has 3 aromatic carbocycles. The lowest BCUT2D eigenvalue weighted by Gasteiger charge is -2.29. The monoisotopic (exact) mass is 337 g/mol. The van der Waals surface area contributed by atoms with Crippen LogP contribution in [-0.2, 0) is 0 Å². The zero-order valence-corrected chi connectivity index (χ0v) is 14.6. The van der Waals surface area contributed by atoms with Crippen LogP contribution in [-0.4, -0.2) is 9.78 Å². The van der Waals surface area contributed by atoms with Gasteiger partial charge in [0.15, 0.2) is 0 Å². The van der Waals surface area contributed by atoms with Crippen molar-refractivity contribution in [2.75, 3.05) is 5.32 Å². The van der Waals surface area contributed by atoms with E-state index in [1.165, 1.54) is 22.3 Å². The van der Waals surface area contributed by atoms with Crippen LogP contribution in [0.15, 0.2) is 84.9 Å². The molecule has 26 heavy (non-hydrogen) atoms. The van der Waals surface area contributed by atoms with E-state index in [1.807, 2.05) is 13.0 Å². The summed E-state index contributed by atoms with van der Waals surface area (Å²) < 4.78 is 2.09. The van der Waals surface area contributed by atoms with Crippen LogP contribution in [0.4, 0.5) is 5.69 Å². The molecule has 1 unspecified atom stereocenters. The first-order valence-corrected chi connectivity index (χ1v) is 8.87. The van der Waals surface area contributed by atoms with Gasteiger partial charge < -0.3 is 5.32 Å². The Morgan fingerprint density at radius 2 is 1.50 bits per heavy atom. The molecule has 0 bridgehead atoms. The van der Waals surface area contributed by atoms with E-state index in [4.69, 9.17) is 5.10 Å². The summed E-state index contributed by atoms with van der Waals surface area (Å²) in [6, 6.07) is 29.8. The van der Waals surface area contributed by atoms with Gasteiger partial charge in [0, 0.05) is 11.3 Å². The Hall–Kier alpha value is -3.33. The standard InChI is InChI=1S/C23H19N3/c1-16-15-22-20-9-5-6-10-21(20)24-23(26(22)25-16)19-13-11-18(12-14-19)17-7-3-2-4-8-17/h2-15,23-24H,1H3. The maximum absolute atomic E-state index is 4.74. The van der Waals surface area contributed by atoms with Gasteiger partial charge in [-0.25, -0.2) is 4.68 Å². The first-order chi connectivity index (χ1) is 12.8. The molecule has 1 aliphatic rings. The molecule has 5 rings (SSSR count). The molecule has 0 spiro atoms. The summed E-state index contributed by atoms with van der Waals surface area (Å²) in [6.07, 6.45) is -0.00146. The molecule has 1 aliphatic heterocycles. The number of rotatable bonds is 2. The Balaban J connectivity index is 1.57. The predicted octanol–water partition coefficient (Wildman–Crippen LogP) is 5.50. The zero-order chi connectivity index (χ0) is 17.5. The summed E-state index contributed by atoms with van der Waals surface area (Å²) in [5.41, 5.74) is 8.20. The molecule has 4 aromatic rings. The van der Waals surface area contributed by atoms with Crippen molar-refractivity contribution in [1.82, 2.24) is 9.78 Å². The van der Waals surface area contributed by atoms with E-state index in [9.17, 15) is 0 Å². The van der Waals surface area contributed by atoms with Gasteiger partial charge in [-0.1, -0.05) is 72.8 Å². The van der Waals surface area contributed by atoms with Crippen LogP contribution in [0.25, 0.3) is 22.4 Å². The van der Waals surface area contributed by atoms with E-state index < -0.39 is 0 Å². The summed E-state index contributed by atoms with van der Waals surface area (Å²) in [5.74, 6) is 0. The molecule has 0 amide bonds. The van der Waals surface area contributed by atoms with Crippen molar-refractivity contribution in [3.8, 4) is 22.4 Å². The summed E-state index contributed by atoms with van der Waals surface area (Å²) in [7, 11) is 0. The van der Waals surface area contributed by atoms with E-state index in [2.05, 4.69) is 88.9 Å². The fourth-order valence-corrected chi connectivity index (χ4v) is 3.67. The van der Waals surface area contributed by atoms with Gasteiger partial charge >= 0.3 is 0 Å². The summed E-state index contributed by atoms with van der Waals surface area (Å²) in [4.78, 5) is 0. The van der Waals surface area contributed by atoms with Crippen LogP contribution >= 0.6 is 0 Å². The molecular weight excluding hydrogens is 318 g/mol. The van der Waals surface area contributed by atoms with Crippen molar-refractivity contribution in [3.05, 3.63) is 96.2 Å². The lowest BCUT2D eigenvalue weighted by atomic mass is 10.0. The molecule has 3 nitrogen and oxygen atoms in total. The first kappa shape index (κ1) is 15.0. The number of hydrogen-bond donors (Lipinski definition) is 1. The number of aryl methyl sites for hydroxylation is 1. The van der Waals surface area contributed by atoms with Crippen LogP contribution in [0.2, 0.25) is 0 Å². The highest BCUT2D eigenvalue weighted by Gasteiger charge is 2.26. The number of para-hydroxylation sites is 1. The van der Waals surface area contributed by atoms with Crippen molar-refractivity contribution in [1.29, 1.82) is 0 Å². The van der Waals surface area contributed by atoms with Crippen molar-refractivity contribution in [3.63, 3.8) is 0 Å². The molecular formula is C23H19N3. The zero-order valence-electron chi connectivity index (χ0n) is 14.6. The lowest BCUT2D eigenvalue weighted by molar-refractivity contribution is 0.571. The Labute approximate surface area is 152 Å². The Kier molecular flexibility index (Phi) is 3.39. The van der Waals surface area contributed by atoms with Crippen molar-refractivity contribution < 1.29 is 0 Å². The third-order valence-electron chi connectivity index (χ3n) is 4.93. The molecule has 0 saturated carbocycles. The molecule has 0 saturated heterocycles. The first-order valence-electron chi connectivity index (χ1n) is 8.87. The highest BCUT2D eigenvalue weighted by Crippen LogP contribution is 2.38. The number of fused-ring (bicyclic) bond motifs is 3. The minimum Gasteiger partial charge on any atom is -0.359 e. The Morgan fingerprint density at radius 3 is 2.31 bits per heavy atom. The maximum Gasteiger partial charge on any atom is 0.147 e. The molecule has 3 heteroatoms. The number of anilines is 1. The van der Waals surface area contributed by atoms with Crippen LogP contribution < -0.4 is 5.32 Å². The number of benzene rings is 3. The van der Waals surface area contributed by atoms with Gasteiger partial charge in [0.05, 0.1) is 11.4 Å². The molecule has 1 N–H and O–H groups in total. The highest BCUT2D eigenvalue weighted by atomic mass is 15.4. The minimum atomic E-state index is -0.00146. The molecule has 0 aliphatic carbocycles. The number of aromatic nitrogens is 2. The van der Waals surface area contributed by atoms with E-state index in [0.717, 1.165) is 17.1 Å². The van der Waals surface area contributed by atoms with Gasteiger partial charge in [-0.2, -0.15) is 5.10 Å². The van der Waals surface area contributed by atoms with Gasteiger partial charge in [0.2, 0.25) is 0 Å². The fourth-order valence-electron chi connectivity index (χ4n) is 3.67. The van der Waals surface area contributed by atoms with Gasteiger partial charge in [-0.3, -0.25) is 0 Å². The average Bonchev–Trinajstić information content (AvgIpc) is 3.10. The van der Waals surface area contributed by atoms with Crippen LogP contribution in [0.5, 0.6) is 0 Å². The van der Waals surface area contributed by atoms with Gasteiger partial charge in [-0.05, 0) is 35.7 Å². The smallest absolute Gasteiger partial charge is 0.147 e. The second kappa shape index (κ2) is 5.88. The van der Waals surface area contributed by atoms with Crippen molar-refractivity contribution in [2.24, 2.45) is 0 Å². The molecule has 126 valence electrons. The van der Waals surface area contributed by atoms with Crippen LogP contribution in [0, 0.1) is 6.92 Å². The van der Waals surface area contributed by atoms with E-state index in [0.29, 0.717) is 0 Å². The number of nitrogens with one attached hydrogen (secondary N) is 1. The number of hydrogen-bond acceptors (Lipinski definition) is 2. The summed E-state index contributed by atoms with van der Waals surface area (Å²) >= 11 is 0. The van der Waals surface area contributed by atoms with Crippen LogP contribution in [0.1, 0.15) is 17.4 Å². The van der Waals surface area contributed by atoms with Gasteiger partial charge in [-0.15, -0.1) is 0 Å². The largest absolute Gasteiger partial charge is 0.359 e. The van der Waals surface area contributed by atoms with Gasteiger partial charge in [0.1, 0.15) is 6.17 Å². The van der Waals surface area contributed by atoms with Crippen molar-refractivity contribution in [2.45, 2.75) is 13.1 Å². The lowest BCUT2D eigenvalue weighted by Crippen LogP contribution is -2.25. The number of nitrogens with zero attached hydrogens (tertiary/aromatic N) is 2. The quantitative estimate of drug-likeness (QED) is 0.523. The third-order valence-corrected chi connectivity index (χ3v) is 4.93. The minimum absolute atomic E-state index is 0.00146. The molecule has 2 heterocycles.